The fourth-order valence-corrected chi connectivity index (χ4v) is 1.67. The highest BCUT2D eigenvalue weighted by Gasteiger charge is 2.15. The zero-order valence-electron chi connectivity index (χ0n) is 10.6. The number of carboxylic acids is 1. The van der Waals surface area contributed by atoms with Gasteiger partial charge in [0.25, 0.3) is 5.69 Å². The molecule has 106 valence electrons. The van der Waals surface area contributed by atoms with Crippen LogP contribution in [0.1, 0.15) is 21.7 Å². The first-order valence-electron chi connectivity index (χ1n) is 5.74. The molecule has 0 saturated heterocycles. The van der Waals surface area contributed by atoms with Crippen molar-refractivity contribution in [1.29, 1.82) is 5.26 Å². The van der Waals surface area contributed by atoms with Crippen LogP contribution in [-0.2, 0) is 6.54 Å². The summed E-state index contributed by atoms with van der Waals surface area (Å²) in [5.74, 6) is -0.791. The Kier molecular flexibility index (Phi) is 3.85. The molecule has 2 N–H and O–H groups in total. The molecule has 1 heterocycles. The minimum Gasteiger partial charge on any atom is -0.478 e. The molecule has 21 heavy (non-hydrogen) atoms. The first-order valence-corrected chi connectivity index (χ1v) is 5.74. The molecule has 0 unspecified atom stereocenters. The van der Waals surface area contributed by atoms with E-state index in [1.807, 2.05) is 6.07 Å². The largest absolute Gasteiger partial charge is 0.478 e. The van der Waals surface area contributed by atoms with Gasteiger partial charge in [-0.25, -0.2) is 4.79 Å². The van der Waals surface area contributed by atoms with Crippen molar-refractivity contribution in [3.8, 4) is 6.07 Å². The molecule has 0 atom stereocenters. The van der Waals surface area contributed by atoms with Gasteiger partial charge >= 0.3 is 5.97 Å². The quantitative estimate of drug-likeness (QED) is 0.637. The highest BCUT2D eigenvalue weighted by Crippen LogP contribution is 2.26. The Morgan fingerprint density at radius 3 is 2.81 bits per heavy atom. The Bertz CT molecular complexity index is 745. The number of nitrogens with one attached hydrogen (secondary N) is 1. The first-order chi connectivity index (χ1) is 10.0. The lowest BCUT2D eigenvalue weighted by molar-refractivity contribution is -0.384. The maximum Gasteiger partial charge on any atom is 0.338 e. The molecule has 2 rings (SSSR count). The summed E-state index contributed by atoms with van der Waals surface area (Å²) in [7, 11) is 0. The number of hydrogen-bond acceptors (Lipinski definition) is 6. The second-order valence-corrected chi connectivity index (χ2v) is 4.06. The molecule has 0 radical (unpaired) electrons. The molecular formula is C13H9N3O5. The van der Waals surface area contributed by atoms with Gasteiger partial charge in [0.05, 0.1) is 28.7 Å². The predicted octanol–water partition coefficient (Wildman–Crippen LogP) is 2.37. The van der Waals surface area contributed by atoms with E-state index in [-0.39, 0.29) is 29.0 Å². The Morgan fingerprint density at radius 2 is 2.24 bits per heavy atom. The number of rotatable bonds is 5. The Labute approximate surface area is 118 Å². The zero-order valence-corrected chi connectivity index (χ0v) is 10.6. The molecule has 0 fully saturated rings. The highest BCUT2D eigenvalue weighted by atomic mass is 16.6. The van der Waals surface area contributed by atoms with Crippen molar-refractivity contribution in [3.05, 3.63) is 57.5 Å². The van der Waals surface area contributed by atoms with Gasteiger partial charge < -0.3 is 14.8 Å². The highest BCUT2D eigenvalue weighted by molar-refractivity contribution is 5.87. The number of nitro groups is 1. The molecule has 0 aliphatic rings. The molecule has 8 nitrogen and oxygen atoms in total. The summed E-state index contributed by atoms with van der Waals surface area (Å²) < 4.78 is 5.03. The van der Waals surface area contributed by atoms with Gasteiger partial charge in [0, 0.05) is 6.07 Å². The van der Waals surface area contributed by atoms with Crippen LogP contribution in [0.3, 0.4) is 0 Å². The lowest BCUT2D eigenvalue weighted by Gasteiger charge is -2.05. The molecule has 0 aliphatic heterocycles. The normalized spacial score (nSPS) is 9.86. The van der Waals surface area contributed by atoms with Gasteiger partial charge in [-0.1, -0.05) is 0 Å². The van der Waals surface area contributed by atoms with Gasteiger partial charge in [-0.3, -0.25) is 10.1 Å². The summed E-state index contributed by atoms with van der Waals surface area (Å²) in [5, 5.41) is 31.2. The Morgan fingerprint density at radius 1 is 1.48 bits per heavy atom. The second-order valence-electron chi connectivity index (χ2n) is 4.06. The number of benzene rings is 1. The third-order valence-electron chi connectivity index (χ3n) is 2.68. The van der Waals surface area contributed by atoms with Crippen LogP contribution in [0.5, 0.6) is 0 Å². The third-order valence-corrected chi connectivity index (χ3v) is 2.68. The molecule has 0 bridgehead atoms. The molecule has 0 aliphatic carbocycles. The van der Waals surface area contributed by atoms with Crippen LogP contribution in [0.4, 0.5) is 11.4 Å². The SMILES string of the molecule is N#Cc1ccc(NCc2cc(C(=O)O)co2)c([N+](=O)[O-])c1. The zero-order chi connectivity index (χ0) is 15.4. The topological polar surface area (TPSA) is 129 Å². The molecule has 0 saturated carbocycles. The van der Waals surface area contributed by atoms with E-state index in [0.29, 0.717) is 5.76 Å². The van der Waals surface area contributed by atoms with Gasteiger partial charge in [0.1, 0.15) is 17.7 Å². The standard InChI is InChI=1S/C13H9N3O5/c14-5-8-1-2-11(12(3-8)16(19)20)15-6-10-4-9(7-21-10)13(17)18/h1-4,7,15H,6H2,(H,17,18). The fourth-order valence-electron chi connectivity index (χ4n) is 1.67. The van der Waals surface area contributed by atoms with Gasteiger partial charge in [-0.15, -0.1) is 0 Å². The molecule has 0 amide bonds. The van der Waals surface area contributed by atoms with E-state index in [0.717, 1.165) is 12.3 Å². The van der Waals surface area contributed by atoms with Crippen LogP contribution >= 0.6 is 0 Å². The summed E-state index contributed by atoms with van der Waals surface area (Å²) in [5.41, 5.74) is 0.158. The summed E-state index contributed by atoms with van der Waals surface area (Å²) in [6, 6.07) is 7.17. The average Bonchev–Trinajstić information content (AvgIpc) is 2.94. The van der Waals surface area contributed by atoms with Crippen LogP contribution in [0.25, 0.3) is 0 Å². The Hall–Kier alpha value is -3.34. The fraction of sp³-hybridized carbons (Fsp3) is 0.0769. The number of furan rings is 1. The van der Waals surface area contributed by atoms with Gasteiger partial charge in [-0.05, 0) is 18.2 Å². The summed E-state index contributed by atoms with van der Waals surface area (Å²) >= 11 is 0. The van der Waals surface area contributed by atoms with Crippen LogP contribution in [0, 0.1) is 21.4 Å². The van der Waals surface area contributed by atoms with E-state index < -0.39 is 10.9 Å². The van der Waals surface area contributed by atoms with Gasteiger partial charge in [0.15, 0.2) is 0 Å². The number of carboxylic acid groups (broad SMARTS) is 1. The number of hydrogen-bond donors (Lipinski definition) is 2. The van der Waals surface area contributed by atoms with Crippen molar-refractivity contribution in [1.82, 2.24) is 0 Å². The molecular weight excluding hydrogens is 278 g/mol. The first kappa shape index (κ1) is 14.1. The number of nitriles is 1. The maximum absolute atomic E-state index is 10.9. The predicted molar refractivity (Wildman–Crippen MR) is 70.8 cm³/mol. The third kappa shape index (κ3) is 3.16. The lowest BCUT2D eigenvalue weighted by atomic mass is 10.2. The van der Waals surface area contributed by atoms with Crippen LogP contribution in [-0.4, -0.2) is 16.0 Å². The lowest BCUT2D eigenvalue weighted by Crippen LogP contribution is -2.02. The number of nitrogens with zero attached hydrogens (tertiary/aromatic N) is 2. The number of anilines is 1. The summed E-state index contributed by atoms with van der Waals surface area (Å²) in [6.07, 6.45) is 1.09. The molecule has 1 aromatic carbocycles. The minimum absolute atomic E-state index is 0.00104. The van der Waals surface area contributed by atoms with Crippen molar-refractivity contribution < 1.29 is 19.2 Å². The van der Waals surface area contributed by atoms with Crippen molar-refractivity contribution in [2.24, 2.45) is 0 Å². The minimum atomic E-state index is -1.12. The second kappa shape index (κ2) is 5.75. The molecule has 2 aromatic rings. The Balaban J connectivity index is 2.17. The molecule has 8 heteroatoms. The van der Waals surface area contributed by atoms with Crippen LogP contribution in [0.2, 0.25) is 0 Å². The van der Waals surface area contributed by atoms with Crippen LogP contribution in [0.15, 0.2) is 34.9 Å². The van der Waals surface area contributed by atoms with E-state index in [1.165, 1.54) is 18.2 Å². The van der Waals surface area contributed by atoms with E-state index in [9.17, 15) is 14.9 Å². The molecule has 0 spiro atoms. The van der Waals surface area contributed by atoms with E-state index in [1.54, 1.807) is 0 Å². The maximum atomic E-state index is 10.9. The van der Waals surface area contributed by atoms with E-state index >= 15 is 0 Å². The summed E-state index contributed by atoms with van der Waals surface area (Å²) in [4.78, 5) is 21.0. The number of aromatic carboxylic acids is 1. The van der Waals surface area contributed by atoms with Crippen LogP contribution < -0.4 is 5.32 Å². The molecule has 1 aromatic heterocycles. The van der Waals surface area contributed by atoms with E-state index in [4.69, 9.17) is 14.8 Å². The van der Waals surface area contributed by atoms with Crippen molar-refractivity contribution >= 4 is 17.3 Å². The van der Waals surface area contributed by atoms with Crippen molar-refractivity contribution in [2.75, 3.05) is 5.32 Å². The van der Waals surface area contributed by atoms with Crippen molar-refractivity contribution in [3.63, 3.8) is 0 Å². The number of nitro benzene ring substituents is 1. The average molecular weight is 287 g/mol. The smallest absolute Gasteiger partial charge is 0.338 e. The van der Waals surface area contributed by atoms with Gasteiger partial charge in [-0.2, -0.15) is 5.26 Å². The van der Waals surface area contributed by atoms with Gasteiger partial charge in [0.2, 0.25) is 0 Å². The number of carbonyl (C=O) groups is 1. The monoisotopic (exact) mass is 287 g/mol. The van der Waals surface area contributed by atoms with E-state index in [2.05, 4.69) is 5.32 Å². The summed E-state index contributed by atoms with van der Waals surface area (Å²) in [6.45, 7) is 0.0834. The van der Waals surface area contributed by atoms with Crippen molar-refractivity contribution in [2.45, 2.75) is 6.54 Å².